The van der Waals surface area contributed by atoms with Crippen LogP contribution in [0.15, 0.2) is 60.8 Å². The number of aromatic nitrogens is 1. The van der Waals surface area contributed by atoms with Gasteiger partial charge in [-0.2, -0.15) is 0 Å². The number of nitrogens with zero attached hydrogens (tertiary/aromatic N) is 1. The zero-order valence-electron chi connectivity index (χ0n) is 16.3. The average molecular weight is 433 g/mol. The number of nitrogens with one attached hydrogen (secondary N) is 1. The lowest BCUT2D eigenvalue weighted by molar-refractivity contribution is 0.0696. The molecule has 1 heterocycles. The van der Waals surface area contributed by atoms with Crippen LogP contribution in [0.1, 0.15) is 33.0 Å². The maximum Gasteiger partial charge on any atom is 0.407 e. The highest BCUT2D eigenvalue weighted by Crippen LogP contribution is 2.44. The molecule has 0 saturated heterocycles. The van der Waals surface area contributed by atoms with E-state index in [1.807, 2.05) is 24.3 Å². The van der Waals surface area contributed by atoms with Crippen LogP contribution in [0, 0.1) is 11.8 Å². The van der Waals surface area contributed by atoms with Gasteiger partial charge in [0.25, 0.3) is 0 Å². The van der Waals surface area contributed by atoms with E-state index in [4.69, 9.17) is 21.4 Å². The Morgan fingerprint density at radius 1 is 1.10 bits per heavy atom. The topological polar surface area (TPSA) is 88.5 Å². The molecule has 7 heteroatoms. The van der Waals surface area contributed by atoms with Crippen molar-refractivity contribution in [3.05, 3.63) is 88.2 Å². The van der Waals surface area contributed by atoms with Crippen LogP contribution in [-0.4, -0.2) is 35.3 Å². The third kappa shape index (κ3) is 4.37. The number of carboxylic acid groups (broad SMARTS) is 1. The molecule has 154 valence electrons. The van der Waals surface area contributed by atoms with Gasteiger partial charge in [0.1, 0.15) is 11.8 Å². The van der Waals surface area contributed by atoms with Gasteiger partial charge in [-0.25, -0.2) is 14.6 Å². The van der Waals surface area contributed by atoms with Gasteiger partial charge in [0.15, 0.2) is 0 Å². The Kier molecular flexibility index (Phi) is 5.87. The molecule has 0 atom stereocenters. The van der Waals surface area contributed by atoms with Gasteiger partial charge in [0.05, 0.1) is 12.1 Å². The van der Waals surface area contributed by atoms with E-state index in [0.717, 1.165) is 22.3 Å². The molecule has 1 aromatic heterocycles. The first-order chi connectivity index (χ1) is 15.0. The Balaban J connectivity index is 1.35. The second kappa shape index (κ2) is 8.90. The molecule has 31 heavy (non-hydrogen) atoms. The van der Waals surface area contributed by atoms with Gasteiger partial charge in [0.2, 0.25) is 0 Å². The monoisotopic (exact) mass is 432 g/mol. The molecule has 1 amide bonds. The predicted molar refractivity (Wildman–Crippen MR) is 116 cm³/mol. The Morgan fingerprint density at radius 3 is 2.39 bits per heavy atom. The Hall–Kier alpha value is -3.82. The van der Waals surface area contributed by atoms with Crippen LogP contribution >= 0.6 is 11.6 Å². The van der Waals surface area contributed by atoms with E-state index in [9.17, 15) is 9.59 Å². The standard InChI is InChI=1S/C24H17ClN2O4/c25-22-20(23(28)29)12-15(13-27-22)6-5-11-26-24(30)31-14-21-18-9-3-1-7-16(18)17-8-2-4-10-19(17)21/h1-4,7-10,12-13,21H,11,14H2,(H,26,30)(H,28,29). The Labute approximate surface area is 183 Å². The number of carboxylic acids is 1. The number of ether oxygens (including phenoxy) is 1. The summed E-state index contributed by atoms with van der Waals surface area (Å²) >= 11 is 5.73. The largest absolute Gasteiger partial charge is 0.478 e. The van der Waals surface area contributed by atoms with Crippen molar-refractivity contribution in [3.63, 3.8) is 0 Å². The van der Waals surface area contributed by atoms with Crippen LogP contribution in [0.5, 0.6) is 0 Å². The number of carbonyl (C=O) groups is 2. The fraction of sp³-hybridized carbons (Fsp3) is 0.125. The molecular formula is C24H17ClN2O4. The molecule has 0 unspecified atom stereocenters. The number of hydrogen-bond donors (Lipinski definition) is 2. The lowest BCUT2D eigenvalue weighted by atomic mass is 9.98. The molecule has 4 rings (SSSR count). The molecular weight excluding hydrogens is 416 g/mol. The van der Waals surface area contributed by atoms with Crippen LogP contribution < -0.4 is 5.32 Å². The molecule has 2 N–H and O–H groups in total. The van der Waals surface area contributed by atoms with Crippen LogP contribution in [-0.2, 0) is 4.74 Å². The first-order valence-corrected chi connectivity index (χ1v) is 9.89. The van der Waals surface area contributed by atoms with Crippen LogP contribution in [0.3, 0.4) is 0 Å². The third-order valence-corrected chi connectivity index (χ3v) is 5.27. The number of aromatic carboxylic acids is 1. The highest BCUT2D eigenvalue weighted by atomic mass is 35.5. The minimum absolute atomic E-state index is 0.0150. The number of hydrogen-bond acceptors (Lipinski definition) is 4. The highest BCUT2D eigenvalue weighted by Gasteiger charge is 2.28. The summed E-state index contributed by atoms with van der Waals surface area (Å²) in [6, 6.07) is 17.5. The smallest absolute Gasteiger partial charge is 0.407 e. The van der Waals surface area contributed by atoms with Crippen molar-refractivity contribution in [2.75, 3.05) is 13.2 Å². The number of alkyl carbamates (subject to hydrolysis) is 1. The average Bonchev–Trinajstić information content (AvgIpc) is 3.10. The van der Waals surface area contributed by atoms with Crippen molar-refractivity contribution in [1.82, 2.24) is 10.3 Å². The van der Waals surface area contributed by atoms with Crippen molar-refractivity contribution in [2.45, 2.75) is 5.92 Å². The Bertz CT molecular complexity index is 1180. The molecule has 0 radical (unpaired) electrons. The van der Waals surface area contributed by atoms with E-state index in [0.29, 0.717) is 5.56 Å². The van der Waals surface area contributed by atoms with Crippen molar-refractivity contribution in [2.24, 2.45) is 0 Å². The van der Waals surface area contributed by atoms with E-state index in [1.165, 1.54) is 12.3 Å². The summed E-state index contributed by atoms with van der Waals surface area (Å²) in [7, 11) is 0. The zero-order chi connectivity index (χ0) is 21.8. The van der Waals surface area contributed by atoms with E-state index in [2.05, 4.69) is 46.4 Å². The van der Waals surface area contributed by atoms with Crippen molar-refractivity contribution in [3.8, 4) is 23.0 Å². The minimum Gasteiger partial charge on any atom is -0.478 e. The van der Waals surface area contributed by atoms with Gasteiger partial charge in [-0.1, -0.05) is 72.0 Å². The normalized spacial score (nSPS) is 11.6. The van der Waals surface area contributed by atoms with Crippen LogP contribution in [0.25, 0.3) is 11.1 Å². The number of amides is 1. The lowest BCUT2D eigenvalue weighted by Gasteiger charge is -2.14. The molecule has 0 bridgehead atoms. The summed E-state index contributed by atoms with van der Waals surface area (Å²) < 4.78 is 5.43. The molecule has 0 aliphatic heterocycles. The molecule has 1 aliphatic carbocycles. The van der Waals surface area contributed by atoms with E-state index in [1.54, 1.807) is 0 Å². The SMILES string of the molecule is O=C(NCC#Cc1cnc(Cl)c(C(=O)O)c1)OCC1c2ccccc2-c2ccccc21. The second-order valence-electron chi connectivity index (χ2n) is 6.85. The fourth-order valence-electron chi connectivity index (χ4n) is 3.58. The van der Waals surface area contributed by atoms with E-state index < -0.39 is 12.1 Å². The second-order valence-corrected chi connectivity index (χ2v) is 7.21. The minimum atomic E-state index is -1.18. The number of fused-ring (bicyclic) bond motifs is 3. The number of rotatable bonds is 4. The summed E-state index contributed by atoms with van der Waals surface area (Å²) in [5.41, 5.74) is 4.86. The fourth-order valence-corrected chi connectivity index (χ4v) is 3.76. The third-order valence-electron chi connectivity index (χ3n) is 4.97. The maximum absolute atomic E-state index is 12.1. The van der Waals surface area contributed by atoms with Crippen molar-refractivity contribution < 1.29 is 19.4 Å². The van der Waals surface area contributed by atoms with Gasteiger partial charge >= 0.3 is 12.1 Å². The van der Waals surface area contributed by atoms with E-state index in [-0.39, 0.29) is 29.8 Å². The number of halogens is 1. The molecule has 0 spiro atoms. The predicted octanol–water partition coefficient (Wildman–Crippen LogP) is 4.32. The summed E-state index contributed by atoms with van der Waals surface area (Å²) in [5.74, 6) is 4.28. The van der Waals surface area contributed by atoms with Gasteiger partial charge in [-0.05, 0) is 28.3 Å². The lowest BCUT2D eigenvalue weighted by Crippen LogP contribution is -2.26. The maximum atomic E-state index is 12.1. The number of carbonyl (C=O) groups excluding carboxylic acids is 1. The van der Waals surface area contributed by atoms with Crippen LogP contribution in [0.2, 0.25) is 5.15 Å². The molecule has 3 aromatic rings. The van der Waals surface area contributed by atoms with Crippen LogP contribution in [0.4, 0.5) is 4.79 Å². The highest BCUT2D eigenvalue weighted by molar-refractivity contribution is 6.32. The summed E-state index contributed by atoms with van der Waals surface area (Å²) in [5, 5.41) is 11.5. The summed E-state index contributed by atoms with van der Waals surface area (Å²) in [4.78, 5) is 27.0. The first kappa shape index (κ1) is 20.5. The summed E-state index contributed by atoms with van der Waals surface area (Å²) in [6.45, 7) is 0.262. The van der Waals surface area contributed by atoms with Gasteiger partial charge in [-0.3, -0.25) is 0 Å². The zero-order valence-corrected chi connectivity index (χ0v) is 17.0. The molecule has 0 saturated carbocycles. The van der Waals surface area contributed by atoms with Gasteiger partial charge in [-0.15, -0.1) is 0 Å². The molecule has 2 aromatic carbocycles. The van der Waals surface area contributed by atoms with Crippen molar-refractivity contribution in [1.29, 1.82) is 0 Å². The molecule has 1 aliphatic rings. The number of benzene rings is 2. The molecule has 0 fully saturated rings. The summed E-state index contributed by atoms with van der Waals surface area (Å²) in [6.07, 6.45) is 0.798. The van der Waals surface area contributed by atoms with E-state index >= 15 is 0 Å². The van der Waals surface area contributed by atoms with Gasteiger partial charge < -0.3 is 15.2 Å². The van der Waals surface area contributed by atoms with Gasteiger partial charge in [0, 0.05) is 17.7 Å². The number of pyridine rings is 1. The first-order valence-electron chi connectivity index (χ1n) is 9.51. The molecule has 6 nitrogen and oxygen atoms in total. The quantitative estimate of drug-likeness (QED) is 0.473. The van der Waals surface area contributed by atoms with Crippen molar-refractivity contribution >= 4 is 23.7 Å². The Morgan fingerprint density at radius 2 is 1.74 bits per heavy atom.